The van der Waals surface area contributed by atoms with Crippen LogP contribution in [0.3, 0.4) is 0 Å². The Morgan fingerprint density at radius 2 is 0.982 bits per heavy atom. The minimum absolute atomic E-state index is 0.114. The van der Waals surface area contributed by atoms with Crippen molar-refractivity contribution in [3.63, 3.8) is 0 Å². The third-order valence-electron chi connectivity index (χ3n) is 12.3. The van der Waals surface area contributed by atoms with Crippen molar-refractivity contribution < 1.29 is 19.1 Å². The summed E-state index contributed by atoms with van der Waals surface area (Å²) in [5, 5.41) is 1.02. The van der Waals surface area contributed by atoms with Crippen molar-refractivity contribution in [2.75, 3.05) is 49.0 Å². The van der Waals surface area contributed by atoms with Crippen molar-refractivity contribution in [2.45, 2.75) is 108 Å². The smallest absolute Gasteiger partial charge is 0.234 e. The molecule has 304 valence electrons. The molecule has 7 nitrogen and oxygen atoms in total. The second-order valence-corrected chi connectivity index (χ2v) is 16.8. The number of methoxy groups -OCH3 is 2. The van der Waals surface area contributed by atoms with Gasteiger partial charge in [-0.05, 0) is 130 Å². The highest BCUT2D eigenvalue weighted by molar-refractivity contribution is 9.09. The number of fused-ring (bicyclic) bond motifs is 2. The number of unbranched alkanes of at least 4 members (excludes halogenated alkanes) is 4. The maximum atomic E-state index is 13.5. The lowest BCUT2D eigenvalue weighted by molar-refractivity contribution is -0.121. The van der Waals surface area contributed by atoms with Crippen LogP contribution in [0.4, 0.5) is 11.4 Å². The van der Waals surface area contributed by atoms with E-state index in [1.54, 1.807) is 14.2 Å². The molecule has 3 heterocycles. The minimum Gasteiger partial charge on any atom is -0.497 e. The molecule has 1 saturated heterocycles. The number of hydrogen-bond donors (Lipinski definition) is 0. The average molecular weight is 837 g/mol. The predicted octanol–water partition coefficient (Wildman–Crippen LogP) is 10.7. The van der Waals surface area contributed by atoms with Crippen LogP contribution in [0, 0.1) is 0 Å². The van der Waals surface area contributed by atoms with Gasteiger partial charge in [0.1, 0.15) is 11.5 Å². The summed E-state index contributed by atoms with van der Waals surface area (Å²) < 4.78 is 10.5. The monoisotopic (exact) mass is 835 g/mol. The van der Waals surface area contributed by atoms with Crippen molar-refractivity contribution >= 4 is 39.1 Å². The molecule has 7 rings (SSSR count). The summed E-state index contributed by atoms with van der Waals surface area (Å²) in [6.07, 6.45) is 12.3. The Labute approximate surface area is 349 Å². The summed E-state index contributed by atoms with van der Waals surface area (Å²) in [6.45, 7) is 7.51. The first-order valence-corrected chi connectivity index (χ1v) is 22.3. The molecule has 0 spiro atoms. The van der Waals surface area contributed by atoms with E-state index >= 15 is 0 Å². The molecule has 3 aliphatic heterocycles. The molecular formula is C49H62BrN3O4. The lowest BCUT2D eigenvalue weighted by Crippen LogP contribution is -2.44. The summed E-state index contributed by atoms with van der Waals surface area (Å²) in [5.41, 5.74) is 6.83. The molecule has 4 aromatic rings. The van der Waals surface area contributed by atoms with Crippen molar-refractivity contribution in [3.05, 3.63) is 119 Å². The standard InChI is InChI=1S/C28H38N2O2.C21H24BrNO2/c1-21-10-9-11-22(2)29(21)18-7-4-8-19-30-27-13-6-5-12-24(27)20-26(28(30)31)23-14-16-25(32-3)17-15-23;1-25-18-11-9-16(10-12-18)19-15-17-7-3-4-8-20(17)23(21(19)24)14-6-2-5-13-22/h5-6,12-17,21-22,26H,4,7-11,18-20H2,1-3H3;3-4,7-12,19H,2,5-6,13-15H2,1H3/t21-,22+,26?;. The summed E-state index contributed by atoms with van der Waals surface area (Å²) in [5.74, 6) is 1.85. The van der Waals surface area contributed by atoms with E-state index in [-0.39, 0.29) is 23.7 Å². The number of halogens is 1. The van der Waals surface area contributed by atoms with Gasteiger partial charge in [0.05, 0.1) is 26.1 Å². The number of likely N-dealkylation sites (tertiary alicyclic amines) is 1. The first-order chi connectivity index (χ1) is 27.8. The third kappa shape index (κ3) is 10.7. The maximum Gasteiger partial charge on any atom is 0.234 e. The van der Waals surface area contributed by atoms with Crippen LogP contribution >= 0.6 is 15.9 Å². The average Bonchev–Trinajstić information content (AvgIpc) is 3.24. The van der Waals surface area contributed by atoms with E-state index in [1.807, 2.05) is 70.5 Å². The Bertz CT molecular complexity index is 1870. The molecule has 57 heavy (non-hydrogen) atoms. The number of alkyl halides is 1. The zero-order valence-corrected chi connectivity index (χ0v) is 36.1. The molecule has 4 aromatic carbocycles. The second kappa shape index (κ2) is 21.0. The molecule has 0 radical (unpaired) electrons. The summed E-state index contributed by atoms with van der Waals surface area (Å²) in [4.78, 5) is 33.4. The number of anilines is 2. The molecule has 2 amide bonds. The van der Waals surface area contributed by atoms with E-state index in [9.17, 15) is 9.59 Å². The third-order valence-corrected chi connectivity index (χ3v) is 12.8. The number of nitrogens with zero attached hydrogens (tertiary/aromatic N) is 3. The van der Waals surface area contributed by atoms with E-state index < -0.39 is 0 Å². The van der Waals surface area contributed by atoms with Crippen LogP contribution in [0.15, 0.2) is 97.1 Å². The Hall–Kier alpha value is -4.14. The van der Waals surface area contributed by atoms with Gasteiger partial charge in [-0.2, -0.15) is 0 Å². The number of rotatable bonds is 15. The minimum atomic E-state index is -0.120. The molecule has 0 saturated carbocycles. The fourth-order valence-electron chi connectivity index (χ4n) is 8.97. The highest BCUT2D eigenvalue weighted by Crippen LogP contribution is 2.38. The lowest BCUT2D eigenvalue weighted by atomic mass is 9.86. The zero-order chi connectivity index (χ0) is 40.1. The van der Waals surface area contributed by atoms with Crippen molar-refractivity contribution in [1.29, 1.82) is 0 Å². The van der Waals surface area contributed by atoms with Crippen LogP contribution in [0.1, 0.15) is 106 Å². The van der Waals surface area contributed by atoms with Crippen LogP contribution in [0.2, 0.25) is 0 Å². The molecule has 0 N–H and O–H groups in total. The van der Waals surface area contributed by atoms with Gasteiger partial charge in [0.25, 0.3) is 0 Å². The molecule has 0 bridgehead atoms. The molecule has 2 unspecified atom stereocenters. The maximum absolute atomic E-state index is 13.5. The molecule has 1 fully saturated rings. The van der Waals surface area contributed by atoms with Crippen molar-refractivity contribution in [3.8, 4) is 11.5 Å². The highest BCUT2D eigenvalue weighted by atomic mass is 79.9. The molecule has 0 aromatic heterocycles. The van der Waals surface area contributed by atoms with Crippen molar-refractivity contribution in [1.82, 2.24) is 4.90 Å². The van der Waals surface area contributed by atoms with Gasteiger partial charge in [-0.3, -0.25) is 14.5 Å². The summed E-state index contributed by atoms with van der Waals surface area (Å²) in [7, 11) is 3.33. The number of piperidine rings is 1. The van der Waals surface area contributed by atoms with Gasteiger partial charge >= 0.3 is 0 Å². The van der Waals surface area contributed by atoms with Gasteiger partial charge in [0.15, 0.2) is 0 Å². The van der Waals surface area contributed by atoms with Crippen molar-refractivity contribution in [2.24, 2.45) is 0 Å². The fourth-order valence-corrected chi connectivity index (χ4v) is 9.37. The first kappa shape index (κ1) is 42.5. The predicted molar refractivity (Wildman–Crippen MR) is 237 cm³/mol. The Balaban J connectivity index is 0.000000199. The number of benzene rings is 4. The van der Waals surface area contributed by atoms with Crippen LogP contribution in [0.5, 0.6) is 11.5 Å². The molecule has 8 heteroatoms. The molecule has 3 aliphatic rings. The van der Waals surface area contributed by atoms with E-state index in [0.717, 1.165) is 97.4 Å². The van der Waals surface area contributed by atoms with Gasteiger partial charge in [-0.1, -0.05) is 95.9 Å². The molecule has 4 atom stereocenters. The summed E-state index contributed by atoms with van der Waals surface area (Å²) >= 11 is 3.47. The van der Waals surface area contributed by atoms with E-state index in [4.69, 9.17) is 9.47 Å². The largest absolute Gasteiger partial charge is 0.497 e. The number of ether oxygens (including phenoxy) is 2. The topological polar surface area (TPSA) is 62.3 Å². The highest BCUT2D eigenvalue weighted by Gasteiger charge is 2.35. The number of amides is 2. The van der Waals surface area contributed by atoms with E-state index in [2.05, 4.69) is 71.1 Å². The van der Waals surface area contributed by atoms with E-state index in [1.165, 1.54) is 43.4 Å². The van der Waals surface area contributed by atoms with Crippen LogP contribution in [-0.2, 0) is 22.4 Å². The quantitative estimate of drug-likeness (QED) is 0.0882. The molecule has 0 aliphatic carbocycles. The number of carbonyl (C=O) groups excluding carboxylic acids is 2. The number of carbonyl (C=O) groups is 2. The SMILES string of the molecule is COc1ccc(C2Cc3ccccc3N(CCCCCBr)C2=O)cc1.COc1ccc(C2Cc3ccccc3N(CCCCCN3[C@H](C)CCC[C@@H]3C)C2=O)cc1. The van der Waals surface area contributed by atoms with Gasteiger partial charge in [-0.15, -0.1) is 0 Å². The molecular weight excluding hydrogens is 774 g/mol. The Morgan fingerprint density at radius 3 is 1.42 bits per heavy atom. The van der Waals surface area contributed by atoms with Crippen LogP contribution in [-0.4, -0.2) is 68.0 Å². The van der Waals surface area contributed by atoms with Gasteiger partial charge in [0.2, 0.25) is 11.8 Å². The number of para-hydroxylation sites is 2. The second-order valence-electron chi connectivity index (χ2n) is 16.0. The van der Waals surface area contributed by atoms with Gasteiger partial charge in [0, 0.05) is 41.9 Å². The zero-order valence-electron chi connectivity index (χ0n) is 34.5. The summed E-state index contributed by atoms with van der Waals surface area (Å²) in [6, 6.07) is 34.0. The Kier molecular flexibility index (Phi) is 15.7. The van der Waals surface area contributed by atoms with Gasteiger partial charge < -0.3 is 19.3 Å². The van der Waals surface area contributed by atoms with Crippen LogP contribution < -0.4 is 19.3 Å². The van der Waals surface area contributed by atoms with Crippen LogP contribution in [0.25, 0.3) is 0 Å². The van der Waals surface area contributed by atoms with E-state index in [0.29, 0.717) is 12.1 Å². The Morgan fingerprint density at radius 1 is 0.561 bits per heavy atom. The lowest BCUT2D eigenvalue weighted by Gasteiger charge is -2.39. The van der Waals surface area contributed by atoms with Gasteiger partial charge in [-0.25, -0.2) is 0 Å². The normalized spacial score (nSPS) is 20.6. The fraction of sp³-hybridized carbons (Fsp3) is 0.469. The number of hydrogen-bond acceptors (Lipinski definition) is 5. The first-order valence-electron chi connectivity index (χ1n) is 21.2.